The second kappa shape index (κ2) is 7.48. The Morgan fingerprint density at radius 1 is 1.15 bits per heavy atom. The number of ether oxygens (including phenoxy) is 1. The molecule has 4 rings (SSSR count). The zero-order chi connectivity index (χ0) is 18.8. The molecule has 0 fully saturated rings. The zero-order valence-corrected chi connectivity index (χ0v) is 16.2. The number of benzene rings is 2. The Bertz CT molecular complexity index is 962. The van der Waals surface area contributed by atoms with Gasteiger partial charge in [0.2, 0.25) is 5.91 Å². The Hall–Kier alpha value is -2.73. The predicted octanol–water partition coefficient (Wildman–Crippen LogP) is 4.12. The first kappa shape index (κ1) is 17.7. The Labute approximate surface area is 162 Å². The van der Waals surface area contributed by atoms with Crippen molar-refractivity contribution in [1.82, 2.24) is 9.78 Å². The van der Waals surface area contributed by atoms with Crippen molar-refractivity contribution in [3.63, 3.8) is 0 Å². The first-order valence-electron chi connectivity index (χ1n) is 8.82. The van der Waals surface area contributed by atoms with E-state index in [4.69, 9.17) is 9.84 Å². The monoisotopic (exact) mass is 379 g/mol. The lowest BCUT2D eigenvalue weighted by Crippen LogP contribution is -2.18. The van der Waals surface area contributed by atoms with E-state index in [1.807, 2.05) is 52.8 Å². The van der Waals surface area contributed by atoms with Crippen molar-refractivity contribution in [2.75, 3.05) is 12.4 Å². The number of carbonyl (C=O) groups is 1. The van der Waals surface area contributed by atoms with Crippen LogP contribution in [0.2, 0.25) is 0 Å². The van der Waals surface area contributed by atoms with Gasteiger partial charge in [-0.15, -0.1) is 0 Å². The number of methoxy groups -OCH3 is 1. The van der Waals surface area contributed by atoms with Gasteiger partial charge >= 0.3 is 0 Å². The Balaban J connectivity index is 1.58. The van der Waals surface area contributed by atoms with Gasteiger partial charge in [0.15, 0.2) is 0 Å². The van der Waals surface area contributed by atoms with Gasteiger partial charge in [-0.1, -0.05) is 29.8 Å². The molecular weight excluding hydrogens is 358 g/mol. The molecule has 138 valence electrons. The van der Waals surface area contributed by atoms with E-state index in [0.717, 1.165) is 45.6 Å². The van der Waals surface area contributed by atoms with Crippen LogP contribution in [-0.4, -0.2) is 22.8 Å². The molecule has 0 radical (unpaired) electrons. The van der Waals surface area contributed by atoms with Crippen LogP contribution in [0.1, 0.15) is 22.4 Å². The van der Waals surface area contributed by atoms with Crippen LogP contribution in [0.15, 0.2) is 48.5 Å². The van der Waals surface area contributed by atoms with Gasteiger partial charge in [0.1, 0.15) is 11.6 Å². The van der Waals surface area contributed by atoms with E-state index < -0.39 is 0 Å². The summed E-state index contributed by atoms with van der Waals surface area (Å²) >= 11 is 1.82. The maximum atomic E-state index is 12.7. The number of fused-ring (bicyclic) bond motifs is 1. The third-order valence-corrected chi connectivity index (χ3v) is 5.58. The minimum absolute atomic E-state index is 0.0480. The molecule has 27 heavy (non-hydrogen) atoms. The second-order valence-corrected chi connectivity index (χ2v) is 7.57. The van der Waals surface area contributed by atoms with Crippen LogP contribution in [0.25, 0.3) is 5.69 Å². The van der Waals surface area contributed by atoms with Crippen molar-refractivity contribution < 1.29 is 9.53 Å². The summed E-state index contributed by atoms with van der Waals surface area (Å²) in [5.74, 6) is 3.28. The molecule has 5 nitrogen and oxygen atoms in total. The number of amides is 1. The highest BCUT2D eigenvalue weighted by Gasteiger charge is 2.24. The van der Waals surface area contributed by atoms with Crippen molar-refractivity contribution >= 4 is 23.5 Å². The molecular formula is C21H21N3O2S. The van der Waals surface area contributed by atoms with Gasteiger partial charge in [-0.3, -0.25) is 4.79 Å². The third-order valence-electron chi connectivity index (χ3n) is 4.61. The van der Waals surface area contributed by atoms with Gasteiger partial charge in [0.25, 0.3) is 0 Å². The van der Waals surface area contributed by atoms with E-state index in [-0.39, 0.29) is 5.91 Å². The first-order chi connectivity index (χ1) is 13.1. The summed E-state index contributed by atoms with van der Waals surface area (Å²) in [7, 11) is 1.63. The number of hydrogen-bond donors (Lipinski definition) is 1. The molecule has 3 aromatic rings. The van der Waals surface area contributed by atoms with Crippen molar-refractivity contribution in [1.29, 1.82) is 0 Å². The highest BCUT2D eigenvalue weighted by Crippen LogP contribution is 2.36. The molecule has 0 unspecified atom stereocenters. The Morgan fingerprint density at radius 3 is 2.59 bits per heavy atom. The summed E-state index contributed by atoms with van der Waals surface area (Å²) in [4.78, 5) is 12.7. The predicted molar refractivity (Wildman–Crippen MR) is 109 cm³/mol. The Kier molecular flexibility index (Phi) is 4.90. The molecule has 1 N–H and O–H groups in total. The van der Waals surface area contributed by atoms with Crippen LogP contribution in [-0.2, 0) is 22.7 Å². The number of nitrogens with zero attached hydrogens (tertiary/aromatic N) is 2. The van der Waals surface area contributed by atoms with Gasteiger partial charge in [0, 0.05) is 17.1 Å². The molecule has 1 aromatic heterocycles. The molecule has 2 heterocycles. The van der Waals surface area contributed by atoms with Crippen LogP contribution in [0.3, 0.4) is 0 Å². The highest BCUT2D eigenvalue weighted by atomic mass is 32.2. The van der Waals surface area contributed by atoms with Crippen LogP contribution >= 0.6 is 11.8 Å². The smallest absolute Gasteiger partial charge is 0.229 e. The van der Waals surface area contributed by atoms with E-state index >= 15 is 0 Å². The quantitative estimate of drug-likeness (QED) is 0.725. The number of anilines is 1. The topological polar surface area (TPSA) is 56.1 Å². The number of rotatable bonds is 5. The van der Waals surface area contributed by atoms with E-state index in [2.05, 4.69) is 24.4 Å². The minimum Gasteiger partial charge on any atom is -0.497 e. The largest absolute Gasteiger partial charge is 0.497 e. The first-order valence-corrected chi connectivity index (χ1v) is 9.98. The second-order valence-electron chi connectivity index (χ2n) is 6.59. The number of thioether (sulfide) groups is 1. The van der Waals surface area contributed by atoms with Crippen LogP contribution < -0.4 is 10.1 Å². The lowest BCUT2D eigenvalue weighted by atomic mass is 10.1. The summed E-state index contributed by atoms with van der Waals surface area (Å²) < 4.78 is 7.03. The van der Waals surface area contributed by atoms with Gasteiger partial charge in [-0.25, -0.2) is 4.68 Å². The number of hydrogen-bond acceptors (Lipinski definition) is 4. The standard InChI is InChI=1S/C21H21N3O2S/c1-14-3-7-16(8-4-14)24-21(18-12-27-13-19(18)23-24)22-20(25)11-15-5-9-17(26-2)10-6-15/h3-10H,11-13H2,1-2H3,(H,22,25). The minimum atomic E-state index is -0.0480. The summed E-state index contributed by atoms with van der Waals surface area (Å²) in [5, 5.41) is 7.84. The van der Waals surface area contributed by atoms with E-state index in [0.29, 0.717) is 6.42 Å². The van der Waals surface area contributed by atoms with Crippen molar-refractivity contribution in [2.45, 2.75) is 24.9 Å². The highest BCUT2D eigenvalue weighted by molar-refractivity contribution is 7.98. The number of carbonyl (C=O) groups excluding carboxylic acids is 1. The molecule has 0 bridgehead atoms. The fraction of sp³-hybridized carbons (Fsp3) is 0.238. The molecule has 1 amide bonds. The average Bonchev–Trinajstić information content (AvgIpc) is 3.26. The molecule has 0 spiro atoms. The zero-order valence-electron chi connectivity index (χ0n) is 15.4. The van der Waals surface area contributed by atoms with Crippen molar-refractivity contribution in [2.24, 2.45) is 0 Å². The van der Waals surface area contributed by atoms with E-state index in [1.54, 1.807) is 7.11 Å². The number of aryl methyl sites for hydroxylation is 1. The fourth-order valence-electron chi connectivity index (χ4n) is 3.12. The molecule has 6 heteroatoms. The van der Waals surface area contributed by atoms with E-state index in [1.165, 1.54) is 5.56 Å². The number of nitrogens with one attached hydrogen (secondary N) is 1. The van der Waals surface area contributed by atoms with Crippen molar-refractivity contribution in [3.05, 3.63) is 70.9 Å². The molecule has 0 saturated carbocycles. The summed E-state index contributed by atoms with van der Waals surface area (Å²) in [6, 6.07) is 15.7. The average molecular weight is 379 g/mol. The van der Waals surface area contributed by atoms with Gasteiger partial charge < -0.3 is 10.1 Å². The summed E-state index contributed by atoms with van der Waals surface area (Å²) in [5.41, 5.74) is 5.28. The normalized spacial score (nSPS) is 12.7. The third kappa shape index (κ3) is 3.71. The fourth-order valence-corrected chi connectivity index (χ4v) is 4.15. The molecule has 1 aliphatic rings. The van der Waals surface area contributed by atoms with Gasteiger partial charge in [0.05, 0.1) is 24.9 Å². The molecule has 0 saturated heterocycles. The van der Waals surface area contributed by atoms with Gasteiger partial charge in [-0.2, -0.15) is 16.9 Å². The molecule has 2 aromatic carbocycles. The van der Waals surface area contributed by atoms with Crippen LogP contribution in [0, 0.1) is 6.92 Å². The lowest BCUT2D eigenvalue weighted by molar-refractivity contribution is -0.115. The van der Waals surface area contributed by atoms with Crippen LogP contribution in [0.5, 0.6) is 5.75 Å². The molecule has 0 atom stereocenters. The molecule has 0 aliphatic carbocycles. The van der Waals surface area contributed by atoms with Crippen LogP contribution in [0.4, 0.5) is 5.82 Å². The van der Waals surface area contributed by atoms with E-state index in [9.17, 15) is 4.79 Å². The lowest BCUT2D eigenvalue weighted by Gasteiger charge is -2.11. The Morgan fingerprint density at radius 2 is 1.89 bits per heavy atom. The molecule has 1 aliphatic heterocycles. The SMILES string of the molecule is COc1ccc(CC(=O)Nc2c3c(nn2-c2ccc(C)cc2)CSC3)cc1. The van der Waals surface area contributed by atoms with Gasteiger partial charge in [-0.05, 0) is 36.8 Å². The van der Waals surface area contributed by atoms with Crippen molar-refractivity contribution in [3.8, 4) is 11.4 Å². The maximum absolute atomic E-state index is 12.7. The maximum Gasteiger partial charge on any atom is 0.229 e. The summed E-state index contributed by atoms with van der Waals surface area (Å²) in [6.45, 7) is 2.06. The number of aromatic nitrogens is 2. The summed E-state index contributed by atoms with van der Waals surface area (Å²) in [6.07, 6.45) is 0.311.